The molecule has 29 heavy (non-hydrogen) atoms. The van der Waals surface area contributed by atoms with Crippen LogP contribution in [0.2, 0.25) is 0 Å². The van der Waals surface area contributed by atoms with Crippen molar-refractivity contribution in [3.63, 3.8) is 0 Å². The lowest BCUT2D eigenvalue weighted by atomic mass is 10.1. The quantitative estimate of drug-likeness (QED) is 0.541. The lowest BCUT2D eigenvalue weighted by Gasteiger charge is -2.11. The molecule has 1 amide bonds. The van der Waals surface area contributed by atoms with Crippen LogP contribution in [0.5, 0.6) is 0 Å². The van der Waals surface area contributed by atoms with Crippen molar-refractivity contribution in [2.75, 3.05) is 5.32 Å². The van der Waals surface area contributed by atoms with Gasteiger partial charge in [-0.1, -0.05) is 24.3 Å². The monoisotopic (exact) mass is 407 g/mol. The summed E-state index contributed by atoms with van der Waals surface area (Å²) < 4.78 is 14.9. The first-order chi connectivity index (χ1) is 13.9. The minimum atomic E-state index is -0.321. The molecule has 7 heteroatoms. The number of hydrogen-bond donors (Lipinski definition) is 1. The van der Waals surface area contributed by atoms with Crippen LogP contribution in [0.3, 0.4) is 0 Å². The molecular weight excluding hydrogens is 389 g/mol. The molecule has 1 N–H and O–H groups in total. The van der Waals surface area contributed by atoms with Gasteiger partial charge in [-0.15, -0.1) is 11.3 Å². The smallest absolute Gasteiger partial charge is 0.271 e. The van der Waals surface area contributed by atoms with Crippen LogP contribution in [0.25, 0.3) is 21.3 Å². The van der Waals surface area contributed by atoms with Gasteiger partial charge >= 0.3 is 0 Å². The van der Waals surface area contributed by atoms with Gasteiger partial charge in [0.25, 0.3) is 5.56 Å². The molecule has 0 atom stereocenters. The van der Waals surface area contributed by atoms with Crippen molar-refractivity contribution in [2.24, 2.45) is 0 Å². The van der Waals surface area contributed by atoms with Crippen LogP contribution in [0.1, 0.15) is 11.1 Å². The van der Waals surface area contributed by atoms with Gasteiger partial charge in [0, 0.05) is 16.6 Å². The van der Waals surface area contributed by atoms with Gasteiger partial charge in [0.1, 0.15) is 17.1 Å². The predicted octanol–water partition coefficient (Wildman–Crippen LogP) is 4.52. The van der Waals surface area contributed by atoms with E-state index in [-0.39, 0.29) is 23.8 Å². The maximum atomic E-state index is 13.2. The lowest BCUT2D eigenvalue weighted by Crippen LogP contribution is -2.27. The predicted molar refractivity (Wildman–Crippen MR) is 114 cm³/mol. The fraction of sp³-hybridized carbons (Fsp3) is 0.136. The topological polar surface area (TPSA) is 64.0 Å². The van der Waals surface area contributed by atoms with E-state index in [0.29, 0.717) is 10.2 Å². The summed E-state index contributed by atoms with van der Waals surface area (Å²) in [5, 5.41) is 4.68. The van der Waals surface area contributed by atoms with Crippen LogP contribution in [-0.4, -0.2) is 15.5 Å². The Kier molecular flexibility index (Phi) is 4.98. The van der Waals surface area contributed by atoms with E-state index in [1.54, 1.807) is 12.1 Å². The Bertz CT molecular complexity index is 1280. The number of benzene rings is 2. The summed E-state index contributed by atoms with van der Waals surface area (Å²) in [6.45, 7) is 3.79. The SMILES string of the molecule is Cc1cccc(NC(=O)Cn2cnc3c(-c4ccc(F)cc4)csc3c2=O)c1C. The summed E-state index contributed by atoms with van der Waals surface area (Å²) in [5.74, 6) is -0.615. The Balaban J connectivity index is 1.61. The third-order valence-electron chi connectivity index (χ3n) is 4.89. The number of anilines is 1. The number of rotatable bonds is 4. The second kappa shape index (κ2) is 7.60. The lowest BCUT2D eigenvalue weighted by molar-refractivity contribution is -0.116. The van der Waals surface area contributed by atoms with Crippen molar-refractivity contribution in [1.29, 1.82) is 0 Å². The van der Waals surface area contributed by atoms with Gasteiger partial charge < -0.3 is 5.32 Å². The summed E-state index contributed by atoms with van der Waals surface area (Å²) in [4.78, 5) is 29.7. The van der Waals surface area contributed by atoms with Gasteiger partial charge in [-0.2, -0.15) is 0 Å². The highest BCUT2D eigenvalue weighted by Crippen LogP contribution is 2.30. The molecule has 0 saturated carbocycles. The van der Waals surface area contributed by atoms with Gasteiger partial charge in [0.05, 0.1) is 11.8 Å². The number of nitrogens with one attached hydrogen (secondary N) is 1. The van der Waals surface area contributed by atoms with E-state index in [1.165, 1.54) is 34.4 Å². The summed E-state index contributed by atoms with van der Waals surface area (Å²) in [6.07, 6.45) is 1.38. The maximum Gasteiger partial charge on any atom is 0.271 e. The first-order valence-electron chi connectivity index (χ1n) is 9.02. The van der Waals surface area contributed by atoms with Crippen molar-refractivity contribution in [2.45, 2.75) is 20.4 Å². The minimum absolute atomic E-state index is 0.126. The minimum Gasteiger partial charge on any atom is -0.324 e. The van der Waals surface area contributed by atoms with Crippen molar-refractivity contribution >= 4 is 33.1 Å². The zero-order valence-corrected chi connectivity index (χ0v) is 16.7. The summed E-state index contributed by atoms with van der Waals surface area (Å²) in [7, 11) is 0. The second-order valence-corrected chi connectivity index (χ2v) is 7.69. The van der Waals surface area contributed by atoms with Crippen molar-refractivity contribution < 1.29 is 9.18 Å². The molecule has 0 aliphatic heterocycles. The summed E-state index contributed by atoms with van der Waals surface area (Å²) in [6, 6.07) is 11.7. The molecule has 5 nitrogen and oxygen atoms in total. The summed E-state index contributed by atoms with van der Waals surface area (Å²) in [5.41, 5.74) is 4.64. The number of aromatic nitrogens is 2. The Hall–Kier alpha value is -3.32. The second-order valence-electron chi connectivity index (χ2n) is 6.81. The molecule has 0 fully saturated rings. The fourth-order valence-corrected chi connectivity index (χ4v) is 4.10. The molecule has 2 aromatic carbocycles. The summed E-state index contributed by atoms with van der Waals surface area (Å²) >= 11 is 1.27. The molecule has 0 unspecified atom stereocenters. The third-order valence-corrected chi connectivity index (χ3v) is 5.85. The third kappa shape index (κ3) is 3.69. The van der Waals surface area contributed by atoms with Crippen LogP contribution < -0.4 is 10.9 Å². The molecule has 146 valence electrons. The Morgan fingerprint density at radius 1 is 1.17 bits per heavy atom. The number of thiophene rings is 1. The Morgan fingerprint density at radius 3 is 2.69 bits per heavy atom. The molecule has 0 bridgehead atoms. The average Bonchev–Trinajstić information content (AvgIpc) is 3.13. The number of carbonyl (C=O) groups excluding carboxylic acids is 1. The van der Waals surface area contributed by atoms with Crippen LogP contribution in [-0.2, 0) is 11.3 Å². The van der Waals surface area contributed by atoms with Crippen molar-refractivity contribution in [3.05, 3.63) is 81.5 Å². The largest absolute Gasteiger partial charge is 0.324 e. The van der Waals surface area contributed by atoms with Crippen molar-refractivity contribution in [3.8, 4) is 11.1 Å². The zero-order valence-electron chi connectivity index (χ0n) is 15.9. The highest BCUT2D eigenvalue weighted by atomic mass is 32.1. The van der Waals surface area contributed by atoms with Crippen LogP contribution in [0.15, 0.2) is 59.0 Å². The number of halogens is 1. The zero-order chi connectivity index (χ0) is 20.5. The average molecular weight is 407 g/mol. The number of aryl methyl sites for hydroxylation is 1. The van der Waals surface area contributed by atoms with E-state index in [0.717, 1.165) is 27.9 Å². The molecule has 2 aromatic heterocycles. The molecule has 0 spiro atoms. The van der Waals surface area contributed by atoms with Crippen LogP contribution in [0, 0.1) is 19.7 Å². The number of carbonyl (C=O) groups is 1. The van der Waals surface area contributed by atoms with E-state index in [2.05, 4.69) is 10.3 Å². The molecular formula is C22H18FN3O2S. The van der Waals surface area contributed by atoms with E-state index in [4.69, 9.17) is 0 Å². The number of fused-ring (bicyclic) bond motifs is 1. The molecule has 0 radical (unpaired) electrons. The van der Waals surface area contributed by atoms with Crippen molar-refractivity contribution in [1.82, 2.24) is 9.55 Å². The van der Waals surface area contributed by atoms with Gasteiger partial charge in [0.2, 0.25) is 5.91 Å². The Labute approximate surface area is 170 Å². The fourth-order valence-electron chi connectivity index (χ4n) is 3.12. The standard InChI is InChI=1S/C22H18FN3O2S/c1-13-4-3-5-18(14(13)2)25-19(27)10-26-12-24-20-17(11-29-21(20)22(26)28)15-6-8-16(23)9-7-15/h3-9,11-12H,10H2,1-2H3,(H,25,27). The Morgan fingerprint density at radius 2 is 1.93 bits per heavy atom. The number of nitrogens with zero attached hydrogens (tertiary/aromatic N) is 2. The van der Waals surface area contributed by atoms with E-state index >= 15 is 0 Å². The highest BCUT2D eigenvalue weighted by Gasteiger charge is 2.14. The maximum absolute atomic E-state index is 13.2. The highest BCUT2D eigenvalue weighted by molar-refractivity contribution is 7.17. The van der Waals surface area contributed by atoms with E-state index in [1.807, 2.05) is 37.4 Å². The number of amides is 1. The van der Waals surface area contributed by atoms with Gasteiger partial charge in [-0.3, -0.25) is 14.2 Å². The number of hydrogen-bond acceptors (Lipinski definition) is 4. The molecule has 2 heterocycles. The molecule has 0 saturated heterocycles. The van der Waals surface area contributed by atoms with E-state index < -0.39 is 0 Å². The van der Waals surface area contributed by atoms with Crippen LogP contribution >= 0.6 is 11.3 Å². The van der Waals surface area contributed by atoms with Crippen LogP contribution in [0.4, 0.5) is 10.1 Å². The molecule has 0 aliphatic carbocycles. The molecule has 0 aliphatic rings. The first-order valence-corrected chi connectivity index (χ1v) is 9.90. The van der Waals surface area contributed by atoms with E-state index in [9.17, 15) is 14.0 Å². The molecule has 4 rings (SSSR count). The first kappa shape index (κ1) is 19.0. The normalized spacial score (nSPS) is 11.0. The van der Waals surface area contributed by atoms with Gasteiger partial charge in [-0.25, -0.2) is 9.37 Å². The van der Waals surface area contributed by atoms with Gasteiger partial charge in [0.15, 0.2) is 0 Å². The molecule has 4 aromatic rings. The van der Waals surface area contributed by atoms with Gasteiger partial charge in [-0.05, 0) is 48.7 Å².